The van der Waals surface area contributed by atoms with Crippen molar-refractivity contribution in [1.82, 2.24) is 15.0 Å². The van der Waals surface area contributed by atoms with E-state index in [0.717, 1.165) is 42.1 Å². The van der Waals surface area contributed by atoms with Crippen LogP contribution in [0, 0.1) is 0 Å². The molecule has 2 aliphatic heterocycles. The average Bonchev–Trinajstić information content (AvgIpc) is 2.88. The lowest BCUT2D eigenvalue weighted by atomic mass is 9.93. The van der Waals surface area contributed by atoms with E-state index in [1.165, 1.54) is 5.56 Å². The second-order valence-electron chi connectivity index (χ2n) is 7.90. The van der Waals surface area contributed by atoms with Gasteiger partial charge in [0.1, 0.15) is 0 Å². The minimum Gasteiger partial charge on any atom is -0.394 e. The van der Waals surface area contributed by atoms with Crippen LogP contribution in [0.5, 0.6) is 0 Å². The van der Waals surface area contributed by atoms with E-state index in [0.29, 0.717) is 30.9 Å². The molecule has 32 heavy (non-hydrogen) atoms. The molecule has 0 bridgehead atoms. The summed E-state index contributed by atoms with van der Waals surface area (Å²) in [5.41, 5.74) is 3.41. The molecule has 3 heterocycles. The molecule has 1 aromatic heterocycles. The van der Waals surface area contributed by atoms with Gasteiger partial charge in [-0.15, -0.1) is 11.8 Å². The van der Waals surface area contributed by atoms with Crippen LogP contribution in [-0.2, 0) is 11.2 Å². The summed E-state index contributed by atoms with van der Waals surface area (Å²) in [5, 5.41) is 10.3. The molecule has 3 aromatic rings. The number of benzene rings is 2. The molecule has 1 atom stereocenters. The van der Waals surface area contributed by atoms with Gasteiger partial charge in [0.2, 0.25) is 11.9 Å². The van der Waals surface area contributed by atoms with Gasteiger partial charge in [0.25, 0.3) is 0 Å². The standard InChI is InChI=1S/C24H27N5O2S/c1-32-21-9-5-4-8-19(21)22-25-23(28-12-14-31-15-13-28)27-24(26-22)29-11-10-17-6-2-3-7-18(17)20(29)16-30/h2-9,20,30H,10-16H2,1H3/t20-/m0/s1. The SMILES string of the molecule is CSc1ccccc1-c1nc(N2CCOCC2)nc(N2CCc3ccccc3[C@@H]2CO)n1. The number of aliphatic hydroxyl groups excluding tert-OH is 1. The third-order valence-corrected chi connectivity index (χ3v) is 6.89. The Kier molecular flexibility index (Phi) is 6.25. The number of fused-ring (bicyclic) bond motifs is 1. The zero-order valence-electron chi connectivity index (χ0n) is 18.1. The first kappa shape index (κ1) is 21.2. The number of ether oxygens (including phenoxy) is 1. The van der Waals surface area contributed by atoms with Crippen LogP contribution in [0.4, 0.5) is 11.9 Å². The number of nitrogens with zero attached hydrogens (tertiary/aromatic N) is 5. The third-order valence-electron chi connectivity index (χ3n) is 6.10. The predicted octanol–water partition coefficient (Wildman–Crippen LogP) is 3.19. The molecule has 7 nitrogen and oxygen atoms in total. The summed E-state index contributed by atoms with van der Waals surface area (Å²) in [6, 6.07) is 16.3. The third kappa shape index (κ3) is 4.05. The number of rotatable bonds is 5. The Morgan fingerprint density at radius 2 is 1.72 bits per heavy atom. The summed E-state index contributed by atoms with van der Waals surface area (Å²) in [6.07, 6.45) is 2.95. The highest BCUT2D eigenvalue weighted by molar-refractivity contribution is 7.98. The van der Waals surface area contributed by atoms with Crippen LogP contribution in [0.2, 0.25) is 0 Å². The molecule has 0 spiro atoms. The van der Waals surface area contributed by atoms with Crippen molar-refractivity contribution in [2.24, 2.45) is 0 Å². The lowest BCUT2D eigenvalue weighted by Gasteiger charge is -2.37. The van der Waals surface area contributed by atoms with E-state index in [-0.39, 0.29) is 12.6 Å². The molecule has 0 aliphatic carbocycles. The van der Waals surface area contributed by atoms with Crippen molar-refractivity contribution in [3.63, 3.8) is 0 Å². The monoisotopic (exact) mass is 449 g/mol. The van der Waals surface area contributed by atoms with Gasteiger partial charge in [-0.25, -0.2) is 0 Å². The first-order chi connectivity index (χ1) is 15.8. The Bertz CT molecular complexity index is 1090. The first-order valence-corrected chi connectivity index (χ1v) is 12.2. The highest BCUT2D eigenvalue weighted by Gasteiger charge is 2.30. The van der Waals surface area contributed by atoms with E-state index in [1.807, 2.05) is 18.2 Å². The summed E-state index contributed by atoms with van der Waals surface area (Å²) in [7, 11) is 0. The van der Waals surface area contributed by atoms with Crippen LogP contribution < -0.4 is 9.80 Å². The molecule has 166 valence electrons. The minimum atomic E-state index is -0.177. The molecule has 2 aromatic carbocycles. The van der Waals surface area contributed by atoms with Gasteiger partial charge in [0.05, 0.1) is 25.9 Å². The lowest BCUT2D eigenvalue weighted by molar-refractivity contribution is 0.122. The van der Waals surface area contributed by atoms with Gasteiger partial charge < -0.3 is 19.6 Å². The number of anilines is 2. The van der Waals surface area contributed by atoms with E-state index in [9.17, 15) is 5.11 Å². The zero-order valence-corrected chi connectivity index (χ0v) is 19.0. The molecule has 0 amide bonds. The van der Waals surface area contributed by atoms with Gasteiger partial charge in [-0.05, 0) is 29.9 Å². The second-order valence-corrected chi connectivity index (χ2v) is 8.75. The molecule has 0 radical (unpaired) electrons. The zero-order chi connectivity index (χ0) is 21.9. The normalized spacial score (nSPS) is 18.5. The van der Waals surface area contributed by atoms with Crippen molar-refractivity contribution >= 4 is 23.7 Å². The summed E-state index contributed by atoms with van der Waals surface area (Å²) in [6.45, 7) is 3.58. The highest BCUT2D eigenvalue weighted by atomic mass is 32.2. The van der Waals surface area contributed by atoms with Crippen molar-refractivity contribution in [3.05, 3.63) is 59.7 Å². The molecular formula is C24H27N5O2S. The number of thioether (sulfide) groups is 1. The fourth-order valence-electron chi connectivity index (χ4n) is 4.42. The van der Waals surface area contributed by atoms with Crippen molar-refractivity contribution in [2.45, 2.75) is 17.4 Å². The molecule has 1 N–H and O–H groups in total. The summed E-state index contributed by atoms with van der Waals surface area (Å²) >= 11 is 1.68. The Morgan fingerprint density at radius 3 is 2.53 bits per heavy atom. The summed E-state index contributed by atoms with van der Waals surface area (Å²) in [4.78, 5) is 20.1. The number of hydrogen-bond acceptors (Lipinski definition) is 8. The van der Waals surface area contributed by atoms with Crippen LogP contribution in [0.25, 0.3) is 11.4 Å². The number of hydrogen-bond donors (Lipinski definition) is 1. The topological polar surface area (TPSA) is 74.6 Å². The van der Waals surface area contributed by atoms with Crippen LogP contribution in [-0.4, -0.2) is 65.8 Å². The maximum Gasteiger partial charge on any atom is 0.231 e. The van der Waals surface area contributed by atoms with E-state index >= 15 is 0 Å². The Balaban J connectivity index is 1.61. The molecule has 5 rings (SSSR count). The largest absolute Gasteiger partial charge is 0.394 e. The lowest BCUT2D eigenvalue weighted by Crippen LogP contribution is -2.40. The van der Waals surface area contributed by atoms with Gasteiger partial charge in [-0.2, -0.15) is 15.0 Å². The van der Waals surface area contributed by atoms with Gasteiger partial charge in [0.15, 0.2) is 5.82 Å². The van der Waals surface area contributed by atoms with E-state index in [1.54, 1.807) is 11.8 Å². The number of aromatic nitrogens is 3. The van der Waals surface area contributed by atoms with Crippen LogP contribution in [0.15, 0.2) is 53.4 Å². The van der Waals surface area contributed by atoms with Gasteiger partial charge in [-0.1, -0.05) is 42.5 Å². The fraction of sp³-hybridized carbons (Fsp3) is 0.375. The molecule has 0 saturated carbocycles. The Morgan fingerprint density at radius 1 is 0.969 bits per heavy atom. The molecule has 8 heteroatoms. The molecule has 2 aliphatic rings. The van der Waals surface area contributed by atoms with E-state index in [4.69, 9.17) is 19.7 Å². The second kappa shape index (κ2) is 9.44. The van der Waals surface area contributed by atoms with Gasteiger partial charge >= 0.3 is 0 Å². The first-order valence-electron chi connectivity index (χ1n) is 11.0. The minimum absolute atomic E-state index is 0.00627. The maximum atomic E-state index is 10.3. The molecule has 1 fully saturated rings. The molecule has 0 unspecified atom stereocenters. The predicted molar refractivity (Wildman–Crippen MR) is 127 cm³/mol. The Labute approximate surface area is 192 Å². The smallest absolute Gasteiger partial charge is 0.231 e. The van der Waals surface area contributed by atoms with Crippen molar-refractivity contribution in [3.8, 4) is 11.4 Å². The number of aliphatic hydroxyl groups is 1. The quantitative estimate of drug-likeness (QED) is 0.596. The maximum absolute atomic E-state index is 10.3. The van der Waals surface area contributed by atoms with E-state index < -0.39 is 0 Å². The van der Waals surface area contributed by atoms with Crippen molar-refractivity contribution < 1.29 is 9.84 Å². The fourth-order valence-corrected chi connectivity index (χ4v) is 5.02. The van der Waals surface area contributed by atoms with E-state index in [2.05, 4.69) is 46.4 Å². The van der Waals surface area contributed by atoms with Gasteiger partial charge in [-0.3, -0.25) is 0 Å². The van der Waals surface area contributed by atoms with Crippen LogP contribution >= 0.6 is 11.8 Å². The average molecular weight is 450 g/mol. The van der Waals surface area contributed by atoms with Crippen molar-refractivity contribution in [1.29, 1.82) is 0 Å². The van der Waals surface area contributed by atoms with Crippen LogP contribution in [0.1, 0.15) is 17.2 Å². The molecular weight excluding hydrogens is 422 g/mol. The van der Waals surface area contributed by atoms with Crippen molar-refractivity contribution in [2.75, 3.05) is 55.5 Å². The van der Waals surface area contributed by atoms with Crippen LogP contribution in [0.3, 0.4) is 0 Å². The van der Waals surface area contributed by atoms with Gasteiger partial charge in [0, 0.05) is 30.1 Å². The highest BCUT2D eigenvalue weighted by Crippen LogP contribution is 2.34. The summed E-state index contributed by atoms with van der Waals surface area (Å²) in [5.74, 6) is 1.94. The number of morpholine rings is 1. The summed E-state index contributed by atoms with van der Waals surface area (Å²) < 4.78 is 5.53. The Hall–Kier alpha value is -2.68. The molecule has 1 saturated heterocycles.